The highest BCUT2D eigenvalue weighted by atomic mass is 79.9. The molecule has 108 valence electrons. The first-order valence-electron chi connectivity index (χ1n) is 7.14. The summed E-state index contributed by atoms with van der Waals surface area (Å²) in [6.45, 7) is 0.456. The van der Waals surface area contributed by atoms with Gasteiger partial charge in [0, 0.05) is 23.6 Å². The maximum absolute atomic E-state index is 12.5. The summed E-state index contributed by atoms with van der Waals surface area (Å²) in [5.74, 6) is 0.193. The molecule has 20 heavy (non-hydrogen) atoms. The zero-order valence-electron chi connectivity index (χ0n) is 11.7. The van der Waals surface area contributed by atoms with Gasteiger partial charge in [-0.05, 0) is 43.9 Å². The van der Waals surface area contributed by atoms with Crippen LogP contribution in [0.25, 0.3) is 0 Å². The van der Waals surface area contributed by atoms with E-state index in [-0.39, 0.29) is 5.91 Å². The molecule has 1 fully saturated rings. The lowest BCUT2D eigenvalue weighted by molar-refractivity contribution is -0.118. The highest BCUT2D eigenvalue weighted by molar-refractivity contribution is 9.10. The molecule has 1 saturated carbocycles. The minimum atomic E-state index is 0.193. The number of hydrogen-bond donors (Lipinski definition) is 1. The van der Waals surface area contributed by atoms with Gasteiger partial charge >= 0.3 is 0 Å². The van der Waals surface area contributed by atoms with Crippen molar-refractivity contribution in [3.63, 3.8) is 0 Å². The van der Waals surface area contributed by atoms with Gasteiger partial charge in [0.2, 0.25) is 5.91 Å². The average Bonchev–Trinajstić information content (AvgIpc) is 2.40. The Morgan fingerprint density at radius 2 is 1.90 bits per heavy atom. The zero-order chi connectivity index (χ0) is 14.3. The van der Waals surface area contributed by atoms with Crippen molar-refractivity contribution >= 4 is 33.2 Å². The Morgan fingerprint density at radius 1 is 1.20 bits per heavy atom. The molecule has 1 aliphatic carbocycles. The van der Waals surface area contributed by atoms with E-state index in [1.165, 1.54) is 0 Å². The average molecular weight is 338 g/mol. The number of anilines is 2. The third-order valence-corrected chi connectivity index (χ3v) is 4.85. The first-order chi connectivity index (χ1) is 9.56. The highest BCUT2D eigenvalue weighted by Gasteiger charge is 2.34. The lowest BCUT2D eigenvalue weighted by Gasteiger charge is -2.42. The predicted molar refractivity (Wildman–Crippen MR) is 85.1 cm³/mol. The fourth-order valence-electron chi connectivity index (χ4n) is 3.27. The first-order valence-corrected chi connectivity index (χ1v) is 7.94. The number of likely N-dealkylation sites (N-methyl/N-ethyl adjacent to an activating group) is 1. The molecule has 1 heterocycles. The monoisotopic (exact) mass is 337 g/mol. The van der Waals surface area contributed by atoms with Crippen LogP contribution in [0.5, 0.6) is 0 Å². The number of rotatable bonds is 1. The van der Waals surface area contributed by atoms with Crippen molar-refractivity contribution in [3.8, 4) is 0 Å². The first kappa shape index (κ1) is 13.9. The summed E-state index contributed by atoms with van der Waals surface area (Å²) in [7, 11) is 1.97. The minimum absolute atomic E-state index is 0.193. The molecule has 1 amide bonds. The van der Waals surface area contributed by atoms with Gasteiger partial charge in [-0.2, -0.15) is 0 Å². The van der Waals surface area contributed by atoms with Crippen molar-refractivity contribution < 1.29 is 4.79 Å². The fraction of sp³-hybridized carbons (Fsp3) is 0.533. The van der Waals surface area contributed by atoms with Gasteiger partial charge in [0.15, 0.2) is 0 Å². The van der Waals surface area contributed by atoms with Crippen LogP contribution in [0.3, 0.4) is 0 Å². The molecular weight excluding hydrogens is 318 g/mol. The van der Waals surface area contributed by atoms with E-state index in [0.29, 0.717) is 18.6 Å². The topological polar surface area (TPSA) is 49.6 Å². The smallest absolute Gasteiger partial charge is 0.246 e. The van der Waals surface area contributed by atoms with Gasteiger partial charge in [-0.15, -0.1) is 0 Å². The maximum Gasteiger partial charge on any atom is 0.246 e. The number of hydrogen-bond acceptors (Lipinski definition) is 3. The Morgan fingerprint density at radius 3 is 2.60 bits per heavy atom. The fourth-order valence-corrected chi connectivity index (χ4v) is 3.62. The van der Waals surface area contributed by atoms with Gasteiger partial charge in [-0.25, -0.2) is 0 Å². The van der Waals surface area contributed by atoms with Crippen molar-refractivity contribution in [2.75, 3.05) is 23.4 Å². The van der Waals surface area contributed by atoms with Crippen LogP contribution in [0.2, 0.25) is 0 Å². The Hall–Kier alpha value is -1.07. The van der Waals surface area contributed by atoms with E-state index in [0.717, 1.165) is 41.5 Å². The van der Waals surface area contributed by atoms with Crippen molar-refractivity contribution in [1.82, 2.24) is 0 Å². The van der Waals surface area contributed by atoms with Gasteiger partial charge in [0.05, 0.1) is 17.9 Å². The molecule has 2 N–H and O–H groups in total. The largest absolute Gasteiger partial charge is 0.364 e. The van der Waals surface area contributed by atoms with Crippen LogP contribution >= 0.6 is 15.9 Å². The molecule has 0 radical (unpaired) electrons. The van der Waals surface area contributed by atoms with E-state index in [9.17, 15) is 4.79 Å². The van der Waals surface area contributed by atoms with Crippen molar-refractivity contribution in [2.45, 2.75) is 37.8 Å². The summed E-state index contributed by atoms with van der Waals surface area (Å²) in [5.41, 5.74) is 8.14. The van der Waals surface area contributed by atoms with Gasteiger partial charge in [-0.3, -0.25) is 4.79 Å². The molecule has 1 aliphatic heterocycles. The van der Waals surface area contributed by atoms with Crippen LogP contribution in [-0.4, -0.2) is 31.6 Å². The Labute approximate surface area is 128 Å². The molecule has 5 heteroatoms. The van der Waals surface area contributed by atoms with E-state index >= 15 is 0 Å². The Kier molecular flexibility index (Phi) is 3.73. The number of carbonyl (C=O) groups excluding carboxylic acids is 1. The molecule has 4 nitrogen and oxygen atoms in total. The van der Waals surface area contributed by atoms with E-state index in [1.807, 2.05) is 22.9 Å². The highest BCUT2D eigenvalue weighted by Crippen LogP contribution is 2.38. The summed E-state index contributed by atoms with van der Waals surface area (Å²) in [6.07, 6.45) is 4.02. The van der Waals surface area contributed by atoms with Crippen LogP contribution < -0.4 is 15.5 Å². The molecule has 3 rings (SSSR count). The quantitative estimate of drug-likeness (QED) is 0.856. The second kappa shape index (κ2) is 5.37. The Bertz CT molecular complexity index is 526. The third-order valence-electron chi connectivity index (χ3n) is 4.36. The third kappa shape index (κ3) is 2.44. The summed E-state index contributed by atoms with van der Waals surface area (Å²) in [5, 5.41) is 0. The molecule has 1 aromatic carbocycles. The maximum atomic E-state index is 12.5. The van der Waals surface area contributed by atoms with Crippen molar-refractivity contribution in [2.24, 2.45) is 5.73 Å². The molecule has 0 saturated heterocycles. The van der Waals surface area contributed by atoms with Crippen molar-refractivity contribution in [1.29, 1.82) is 0 Å². The van der Waals surface area contributed by atoms with Gasteiger partial charge in [0.1, 0.15) is 0 Å². The number of halogens is 1. The van der Waals surface area contributed by atoms with Crippen LogP contribution in [0.4, 0.5) is 11.4 Å². The molecule has 0 bridgehead atoms. The zero-order valence-corrected chi connectivity index (χ0v) is 13.3. The predicted octanol–water partition coefficient (Wildman–Crippen LogP) is 2.50. The van der Waals surface area contributed by atoms with Crippen LogP contribution in [0.1, 0.15) is 25.7 Å². The lowest BCUT2D eigenvalue weighted by atomic mass is 9.90. The van der Waals surface area contributed by atoms with Crippen LogP contribution in [0, 0.1) is 0 Å². The van der Waals surface area contributed by atoms with E-state index in [1.54, 1.807) is 0 Å². The summed E-state index contributed by atoms with van der Waals surface area (Å²) in [4.78, 5) is 16.5. The number of nitrogens with zero attached hydrogens (tertiary/aromatic N) is 2. The lowest BCUT2D eigenvalue weighted by Crippen LogP contribution is -2.51. The van der Waals surface area contributed by atoms with Gasteiger partial charge in [-0.1, -0.05) is 15.9 Å². The molecule has 2 aliphatic rings. The van der Waals surface area contributed by atoms with Gasteiger partial charge in [0.25, 0.3) is 0 Å². The van der Waals surface area contributed by atoms with E-state index < -0.39 is 0 Å². The SMILES string of the molecule is CN1CC(=O)N(C2CCC(N)CC2)c2cc(Br)ccc21. The molecule has 0 atom stereocenters. The summed E-state index contributed by atoms with van der Waals surface area (Å²) < 4.78 is 1.01. The number of fused-ring (bicyclic) bond motifs is 1. The van der Waals surface area contributed by atoms with Crippen LogP contribution in [0.15, 0.2) is 22.7 Å². The normalized spacial score (nSPS) is 26.6. The number of nitrogens with two attached hydrogens (primary N) is 1. The van der Waals surface area contributed by atoms with E-state index in [2.05, 4.69) is 28.1 Å². The summed E-state index contributed by atoms with van der Waals surface area (Å²) in [6, 6.07) is 6.75. The minimum Gasteiger partial charge on any atom is -0.364 e. The molecule has 1 aromatic rings. The van der Waals surface area contributed by atoms with E-state index in [4.69, 9.17) is 5.73 Å². The molecule has 0 spiro atoms. The summed E-state index contributed by atoms with van der Waals surface area (Å²) >= 11 is 3.51. The van der Waals surface area contributed by atoms with Gasteiger partial charge < -0.3 is 15.5 Å². The number of benzene rings is 1. The molecule has 0 aromatic heterocycles. The number of amides is 1. The standard InChI is InChI=1S/C15H20BrN3O/c1-18-9-15(20)19(12-5-3-11(17)4-6-12)14-8-10(16)2-7-13(14)18/h2,7-8,11-12H,3-6,9,17H2,1H3. The molecular formula is C15H20BrN3O. The second-order valence-electron chi connectivity index (χ2n) is 5.82. The number of carbonyl (C=O) groups is 1. The van der Waals surface area contributed by atoms with Crippen molar-refractivity contribution in [3.05, 3.63) is 22.7 Å². The van der Waals surface area contributed by atoms with Crippen LogP contribution in [-0.2, 0) is 4.79 Å². The molecule has 0 unspecified atom stereocenters. The Balaban J connectivity index is 1.96. The second-order valence-corrected chi connectivity index (χ2v) is 6.74.